The summed E-state index contributed by atoms with van der Waals surface area (Å²) in [6.07, 6.45) is 0. The van der Waals surface area contributed by atoms with Crippen LogP contribution in [-0.2, 0) is 6.54 Å². The highest BCUT2D eigenvalue weighted by molar-refractivity contribution is 6.27. The number of hydrogen-bond donors (Lipinski definition) is 0. The molecule has 4 heteroatoms. The zero-order valence-corrected chi connectivity index (χ0v) is 34.3. The lowest BCUT2D eigenvalue weighted by Gasteiger charge is -2.13. The van der Waals surface area contributed by atoms with Crippen LogP contribution in [0.1, 0.15) is 16.7 Å². The van der Waals surface area contributed by atoms with Crippen LogP contribution in [-0.4, -0.2) is 21.6 Å². The van der Waals surface area contributed by atoms with Crippen molar-refractivity contribution in [2.24, 2.45) is 9.98 Å². The van der Waals surface area contributed by atoms with Crippen molar-refractivity contribution in [1.29, 1.82) is 0 Å². The first-order valence-corrected chi connectivity index (χ1v) is 21.5. The van der Waals surface area contributed by atoms with E-state index < -0.39 is 0 Å². The molecular formula is C59H38N4. The van der Waals surface area contributed by atoms with Crippen molar-refractivity contribution in [2.45, 2.75) is 6.54 Å². The first-order chi connectivity index (χ1) is 31.2. The number of para-hydroxylation sites is 3. The summed E-state index contributed by atoms with van der Waals surface area (Å²) < 4.78 is 4.84. The Morgan fingerprint density at radius 1 is 0.397 bits per heavy atom. The third-order valence-electron chi connectivity index (χ3n) is 13.2. The molecule has 0 bridgehead atoms. The molecule has 2 heterocycles. The molecular weight excluding hydrogens is 765 g/mol. The SMILES string of the molecule is C=Nc1cccc2c1C(=NCc1ccc3cc(-n4c5ccccc5c5cc(-c6cc7c(c8ccccc68)c6ccccc6n7-c6ccccc6)ccc54)ccc3c1)c1ccccc1-2. The average Bonchev–Trinajstić information content (AvgIpc) is 3.98. The maximum Gasteiger partial charge on any atom is 0.0757 e. The Labute approximate surface area is 364 Å². The third kappa shape index (κ3) is 5.35. The number of fused-ring (bicyclic) bond motifs is 12. The van der Waals surface area contributed by atoms with Crippen molar-refractivity contribution in [3.63, 3.8) is 0 Å². The van der Waals surface area contributed by atoms with Crippen LogP contribution in [0, 0.1) is 0 Å². The Bertz CT molecular complexity index is 3900. The summed E-state index contributed by atoms with van der Waals surface area (Å²) in [5.41, 5.74) is 17.1. The zero-order valence-electron chi connectivity index (χ0n) is 34.3. The molecule has 0 radical (unpaired) electrons. The van der Waals surface area contributed by atoms with E-state index >= 15 is 0 Å². The fraction of sp³-hybridized carbons (Fsp3) is 0.0169. The van der Waals surface area contributed by atoms with Crippen LogP contribution in [0.15, 0.2) is 216 Å². The van der Waals surface area contributed by atoms with Crippen LogP contribution >= 0.6 is 0 Å². The second-order valence-electron chi connectivity index (χ2n) is 16.6. The molecule has 63 heavy (non-hydrogen) atoms. The van der Waals surface area contributed by atoms with E-state index in [-0.39, 0.29) is 0 Å². The highest BCUT2D eigenvalue weighted by Gasteiger charge is 2.27. The summed E-state index contributed by atoms with van der Waals surface area (Å²) in [7, 11) is 0. The van der Waals surface area contributed by atoms with Gasteiger partial charge in [-0.25, -0.2) is 0 Å². The molecule has 0 amide bonds. The fourth-order valence-electron chi connectivity index (χ4n) is 10.4. The molecule has 13 rings (SSSR count). The van der Waals surface area contributed by atoms with Crippen molar-refractivity contribution in [1.82, 2.24) is 9.13 Å². The number of nitrogens with zero attached hydrogens (tertiary/aromatic N) is 4. The lowest BCUT2D eigenvalue weighted by Crippen LogP contribution is -2.00. The predicted molar refractivity (Wildman–Crippen MR) is 266 cm³/mol. The lowest BCUT2D eigenvalue weighted by atomic mass is 9.94. The normalized spacial score (nSPS) is 12.9. The molecule has 4 nitrogen and oxygen atoms in total. The summed E-state index contributed by atoms with van der Waals surface area (Å²) in [6, 6.07) is 75.0. The number of benzene rings is 10. The van der Waals surface area contributed by atoms with E-state index in [1.165, 1.54) is 87.4 Å². The maximum atomic E-state index is 5.23. The van der Waals surface area contributed by atoms with E-state index in [1.807, 2.05) is 12.1 Å². The Kier molecular flexibility index (Phi) is 7.79. The number of rotatable bonds is 6. The zero-order chi connectivity index (χ0) is 41.6. The van der Waals surface area contributed by atoms with E-state index in [4.69, 9.17) is 4.99 Å². The molecule has 0 N–H and O–H groups in total. The highest BCUT2D eigenvalue weighted by Crippen LogP contribution is 2.44. The van der Waals surface area contributed by atoms with Crippen LogP contribution in [0.3, 0.4) is 0 Å². The molecule has 0 spiro atoms. The summed E-state index contributed by atoms with van der Waals surface area (Å²) in [4.78, 5) is 9.59. The maximum absolute atomic E-state index is 5.23. The molecule has 294 valence electrons. The van der Waals surface area contributed by atoms with Gasteiger partial charge in [0.05, 0.1) is 40.0 Å². The third-order valence-corrected chi connectivity index (χ3v) is 13.2. The molecule has 12 aromatic rings. The highest BCUT2D eigenvalue weighted by atomic mass is 15.0. The molecule has 2 aromatic heterocycles. The van der Waals surface area contributed by atoms with Gasteiger partial charge < -0.3 is 9.13 Å². The van der Waals surface area contributed by atoms with Crippen molar-refractivity contribution >= 4 is 83.3 Å². The predicted octanol–water partition coefficient (Wildman–Crippen LogP) is 15.2. The quantitative estimate of drug-likeness (QED) is 0.150. The second kappa shape index (κ2) is 13.8. The van der Waals surface area contributed by atoms with Gasteiger partial charge in [-0.1, -0.05) is 140 Å². The molecule has 1 aliphatic carbocycles. The smallest absolute Gasteiger partial charge is 0.0757 e. The molecule has 10 aromatic carbocycles. The van der Waals surface area contributed by atoms with Crippen LogP contribution in [0.25, 0.3) is 98.8 Å². The van der Waals surface area contributed by atoms with Crippen molar-refractivity contribution < 1.29 is 0 Å². The first kappa shape index (κ1) is 35.4. The monoisotopic (exact) mass is 802 g/mol. The molecule has 0 unspecified atom stereocenters. The minimum absolute atomic E-state index is 0.568. The van der Waals surface area contributed by atoms with Gasteiger partial charge in [0.25, 0.3) is 0 Å². The van der Waals surface area contributed by atoms with E-state index in [9.17, 15) is 0 Å². The molecule has 0 saturated carbocycles. The van der Waals surface area contributed by atoms with E-state index in [0.29, 0.717) is 6.54 Å². The molecule has 1 aliphatic rings. The van der Waals surface area contributed by atoms with E-state index in [2.05, 4.69) is 215 Å². The van der Waals surface area contributed by atoms with Gasteiger partial charge in [-0.2, -0.15) is 0 Å². The lowest BCUT2D eigenvalue weighted by molar-refractivity contribution is 1.07. The molecule has 0 fully saturated rings. The van der Waals surface area contributed by atoms with Crippen molar-refractivity contribution in [3.8, 4) is 33.6 Å². The van der Waals surface area contributed by atoms with Gasteiger partial charge in [-0.15, -0.1) is 0 Å². The summed E-state index contributed by atoms with van der Waals surface area (Å²) in [5, 5.41) is 9.91. The fourth-order valence-corrected chi connectivity index (χ4v) is 10.4. The molecule has 0 saturated heterocycles. The number of hydrogen-bond acceptors (Lipinski definition) is 2. The first-order valence-electron chi connectivity index (χ1n) is 21.5. The van der Waals surface area contributed by atoms with Gasteiger partial charge in [-0.05, 0) is 123 Å². The minimum Gasteiger partial charge on any atom is -0.309 e. The van der Waals surface area contributed by atoms with Crippen LogP contribution in [0.2, 0.25) is 0 Å². The summed E-state index contributed by atoms with van der Waals surface area (Å²) in [5.74, 6) is 0. The van der Waals surface area contributed by atoms with Gasteiger partial charge in [-0.3, -0.25) is 9.98 Å². The Morgan fingerprint density at radius 2 is 1.05 bits per heavy atom. The van der Waals surface area contributed by atoms with Crippen molar-refractivity contribution in [2.75, 3.05) is 0 Å². The van der Waals surface area contributed by atoms with Crippen LogP contribution < -0.4 is 0 Å². The summed E-state index contributed by atoms with van der Waals surface area (Å²) in [6.45, 7) is 4.43. The second-order valence-corrected chi connectivity index (χ2v) is 16.6. The Hall–Kier alpha value is -8.34. The minimum atomic E-state index is 0.568. The average molecular weight is 803 g/mol. The molecule has 0 aliphatic heterocycles. The summed E-state index contributed by atoms with van der Waals surface area (Å²) >= 11 is 0. The van der Waals surface area contributed by atoms with E-state index in [0.717, 1.165) is 39.5 Å². The van der Waals surface area contributed by atoms with Gasteiger partial charge in [0.15, 0.2) is 0 Å². The van der Waals surface area contributed by atoms with Crippen molar-refractivity contribution in [3.05, 3.63) is 223 Å². The van der Waals surface area contributed by atoms with Crippen LogP contribution in [0.5, 0.6) is 0 Å². The van der Waals surface area contributed by atoms with Gasteiger partial charge in [0.2, 0.25) is 0 Å². The van der Waals surface area contributed by atoms with Gasteiger partial charge in [0.1, 0.15) is 0 Å². The van der Waals surface area contributed by atoms with Crippen LogP contribution in [0.4, 0.5) is 5.69 Å². The van der Waals surface area contributed by atoms with Gasteiger partial charge >= 0.3 is 0 Å². The topological polar surface area (TPSA) is 34.6 Å². The Morgan fingerprint density at radius 3 is 1.89 bits per heavy atom. The van der Waals surface area contributed by atoms with E-state index in [1.54, 1.807) is 0 Å². The number of aliphatic imine (C=N–C) groups is 2. The standard InChI is InChI=1S/C59H38N4/c1-60-52-23-13-22-47-43-16-6-8-20-48(43)59(58(47)52)61-36-37-26-27-39-33-42(30-28-38(39)32-37)63-53-24-11-9-18-45(53)51-34-40(29-31-55(51)63)50-35-56-57(46-19-7-5-17-44(46)50)49-21-10-12-25-54(49)62(56)41-14-3-2-4-15-41/h2-35H,1,36H2. The van der Waals surface area contributed by atoms with Gasteiger partial charge in [0, 0.05) is 44.0 Å². The Balaban J connectivity index is 0.919. The largest absolute Gasteiger partial charge is 0.309 e. The molecule has 0 atom stereocenters. The number of aromatic nitrogens is 2.